The second-order valence-corrected chi connectivity index (χ2v) is 8.63. The SMILES string of the molecule is C=Cc1c(F)c(F)c(F)c(OCC(F)(F)OC(F)(F)C(F)(F)OC(F)(F)C(F)(F)OC(F)(F)COc2c(F)c(F)c(F)c(C=C)c2F)c1F. The molecule has 5 nitrogen and oxygen atoms in total. The van der Waals surface area contributed by atoms with Crippen LogP contribution in [0.4, 0.5) is 87.8 Å². The van der Waals surface area contributed by atoms with Crippen molar-refractivity contribution in [2.45, 2.75) is 36.7 Å². The van der Waals surface area contributed by atoms with Gasteiger partial charge in [-0.15, -0.1) is 0 Å². The quantitative estimate of drug-likeness (QED) is 0.0972. The lowest BCUT2D eigenvalue weighted by atomic mass is 10.1. The van der Waals surface area contributed by atoms with E-state index >= 15 is 0 Å². The highest BCUT2D eigenvalue weighted by atomic mass is 19.4. The van der Waals surface area contributed by atoms with Crippen LogP contribution in [-0.2, 0) is 14.2 Å². The van der Waals surface area contributed by atoms with E-state index in [9.17, 15) is 87.8 Å². The molecule has 2 aromatic rings. The summed E-state index contributed by atoms with van der Waals surface area (Å²) in [5.41, 5.74) is -3.20. The third kappa shape index (κ3) is 8.42. The van der Waals surface area contributed by atoms with Crippen molar-refractivity contribution in [2.75, 3.05) is 13.2 Å². The molecule has 49 heavy (non-hydrogen) atoms. The first-order valence-corrected chi connectivity index (χ1v) is 11.6. The van der Waals surface area contributed by atoms with E-state index < -0.39 is 119 Å². The van der Waals surface area contributed by atoms with Crippen molar-refractivity contribution in [1.82, 2.24) is 0 Å². The van der Waals surface area contributed by atoms with E-state index in [1.54, 1.807) is 4.74 Å². The fourth-order valence-electron chi connectivity index (χ4n) is 3.02. The van der Waals surface area contributed by atoms with Crippen molar-refractivity contribution in [3.05, 3.63) is 70.8 Å². The summed E-state index contributed by atoms with van der Waals surface area (Å²) in [5, 5.41) is 0. The van der Waals surface area contributed by atoms with Gasteiger partial charge in [-0.25, -0.2) is 40.6 Å². The van der Waals surface area contributed by atoms with Gasteiger partial charge < -0.3 is 9.47 Å². The molecule has 276 valence electrons. The summed E-state index contributed by atoms with van der Waals surface area (Å²) < 4.78 is 288. The maximum atomic E-state index is 14.0. The Bertz CT molecular complexity index is 1480. The summed E-state index contributed by atoms with van der Waals surface area (Å²) in [5.74, 6) is -24.8. The van der Waals surface area contributed by atoms with Gasteiger partial charge in [-0.1, -0.05) is 25.3 Å². The second-order valence-electron chi connectivity index (χ2n) is 8.63. The Hall–Kier alpha value is -4.00. The van der Waals surface area contributed by atoms with E-state index in [1.165, 1.54) is 0 Å². The molecule has 0 aliphatic heterocycles. The fourth-order valence-corrected chi connectivity index (χ4v) is 3.02. The van der Waals surface area contributed by atoms with E-state index in [1.807, 2.05) is 0 Å². The van der Waals surface area contributed by atoms with Gasteiger partial charge in [0.05, 0.1) is 11.1 Å². The highest BCUT2D eigenvalue weighted by molar-refractivity contribution is 5.53. The molecule has 0 unspecified atom stereocenters. The zero-order valence-corrected chi connectivity index (χ0v) is 22.6. The molecule has 2 rings (SSSR count). The minimum atomic E-state index is -7.42. The molecule has 0 bridgehead atoms. The van der Waals surface area contributed by atoms with E-state index in [4.69, 9.17) is 0 Å². The first kappa shape index (κ1) is 41.2. The Balaban J connectivity index is 2.23. The third-order valence-corrected chi connectivity index (χ3v) is 5.18. The Morgan fingerprint density at radius 3 is 0.918 bits per heavy atom. The zero-order valence-electron chi connectivity index (χ0n) is 22.6. The molecule has 25 heteroatoms. The molecule has 0 atom stereocenters. The number of ether oxygens (including phenoxy) is 5. The lowest BCUT2D eigenvalue weighted by Crippen LogP contribution is -2.58. The predicted octanol–water partition coefficient (Wildman–Crippen LogP) is 9.15. The average molecular weight is 758 g/mol. The van der Waals surface area contributed by atoms with E-state index in [0.717, 1.165) is 0 Å². The number of hydrogen-bond donors (Lipinski definition) is 0. The summed E-state index contributed by atoms with van der Waals surface area (Å²) in [6.45, 7) is -0.663. The minimum absolute atomic E-state index is 0.119. The van der Waals surface area contributed by atoms with Gasteiger partial charge in [0.15, 0.2) is 59.6 Å². The van der Waals surface area contributed by atoms with Crippen molar-refractivity contribution < 1.29 is 111 Å². The second kappa shape index (κ2) is 13.7. The number of benzene rings is 2. The first-order chi connectivity index (χ1) is 22.0. The summed E-state index contributed by atoms with van der Waals surface area (Å²) in [4.78, 5) is 0. The maximum Gasteiger partial charge on any atom is 0.453 e. The van der Waals surface area contributed by atoms with Crippen LogP contribution < -0.4 is 9.47 Å². The topological polar surface area (TPSA) is 46.2 Å². The lowest BCUT2D eigenvalue weighted by molar-refractivity contribution is -0.557. The zero-order chi connectivity index (χ0) is 38.3. The molecular formula is C24H10F20O5. The number of rotatable bonds is 16. The van der Waals surface area contributed by atoms with Gasteiger partial charge in [0.25, 0.3) is 0 Å². The summed E-state index contributed by atoms with van der Waals surface area (Å²) in [6.07, 6.45) is -41.2. The first-order valence-electron chi connectivity index (χ1n) is 11.6. The maximum absolute atomic E-state index is 14.0. The fraction of sp³-hybridized carbons (Fsp3) is 0.333. The van der Waals surface area contributed by atoms with Crippen LogP contribution in [0.1, 0.15) is 11.1 Å². The van der Waals surface area contributed by atoms with Crippen LogP contribution in [0.3, 0.4) is 0 Å². The van der Waals surface area contributed by atoms with E-state index in [0.29, 0.717) is 0 Å². The standard InChI is InChI=1S/C24H10F20O5/c1-3-7-9(25)13(29)15(31)17(11(7)27)45-5-19(33,34)47-21(37,38)23(41,42)49-24(43,44)22(39,40)48-20(35,36)6-46-18-12(28)8(4-2)10(26)14(30)16(18)32/h3-4H,1-2,5-6H2. The molecule has 0 saturated heterocycles. The average Bonchev–Trinajstić information content (AvgIpc) is 2.93. The van der Waals surface area contributed by atoms with Crippen LogP contribution in [0.2, 0.25) is 0 Å². The number of halogens is 20. The van der Waals surface area contributed by atoms with Gasteiger partial charge >= 0.3 is 36.7 Å². The molecule has 0 fully saturated rings. The van der Waals surface area contributed by atoms with Gasteiger partial charge in [0.1, 0.15) is 0 Å². The van der Waals surface area contributed by atoms with Gasteiger partial charge in [-0.3, -0.25) is 0 Å². The largest absolute Gasteiger partial charge is 0.478 e. The van der Waals surface area contributed by atoms with Gasteiger partial charge in [-0.05, 0) is 0 Å². The smallest absolute Gasteiger partial charge is 0.453 e. The third-order valence-electron chi connectivity index (χ3n) is 5.18. The van der Waals surface area contributed by atoms with Gasteiger partial charge in [0, 0.05) is 0 Å². The predicted molar refractivity (Wildman–Crippen MR) is 117 cm³/mol. The van der Waals surface area contributed by atoms with Gasteiger partial charge in [-0.2, -0.15) is 61.5 Å². The Kier molecular flexibility index (Phi) is 11.5. The molecule has 0 N–H and O–H groups in total. The molecule has 0 spiro atoms. The highest BCUT2D eigenvalue weighted by Gasteiger charge is 2.74. The molecule has 0 aliphatic carbocycles. The Morgan fingerprint density at radius 1 is 0.388 bits per heavy atom. The van der Waals surface area contributed by atoms with Crippen molar-refractivity contribution >= 4 is 12.2 Å². The molecule has 0 aromatic heterocycles. The van der Waals surface area contributed by atoms with Crippen molar-refractivity contribution in [3.63, 3.8) is 0 Å². The molecule has 0 aliphatic rings. The van der Waals surface area contributed by atoms with Crippen molar-refractivity contribution in [3.8, 4) is 11.5 Å². The van der Waals surface area contributed by atoms with Crippen LogP contribution in [0.25, 0.3) is 12.2 Å². The lowest BCUT2D eigenvalue weighted by Gasteiger charge is -2.34. The Labute approximate surface area is 256 Å². The van der Waals surface area contributed by atoms with Crippen LogP contribution in [0.15, 0.2) is 13.2 Å². The summed E-state index contributed by atoms with van der Waals surface area (Å²) in [7, 11) is 0. The van der Waals surface area contributed by atoms with Crippen LogP contribution in [-0.4, -0.2) is 49.9 Å². The van der Waals surface area contributed by atoms with Crippen molar-refractivity contribution in [2.24, 2.45) is 0 Å². The van der Waals surface area contributed by atoms with Crippen LogP contribution >= 0.6 is 0 Å². The summed E-state index contributed by atoms with van der Waals surface area (Å²) >= 11 is 0. The molecule has 0 amide bonds. The minimum Gasteiger partial charge on any atom is -0.478 e. The highest BCUT2D eigenvalue weighted by Crippen LogP contribution is 2.49. The molecule has 0 saturated carbocycles. The monoisotopic (exact) mass is 758 g/mol. The van der Waals surface area contributed by atoms with E-state index in [2.05, 4.69) is 32.1 Å². The number of alkyl halides is 12. The van der Waals surface area contributed by atoms with Crippen LogP contribution in [0, 0.1) is 46.5 Å². The molecule has 2 aromatic carbocycles. The number of hydrogen-bond acceptors (Lipinski definition) is 5. The Morgan fingerprint density at radius 2 is 0.653 bits per heavy atom. The van der Waals surface area contributed by atoms with Gasteiger partial charge in [0.2, 0.25) is 11.6 Å². The molecule has 0 heterocycles. The molecular weight excluding hydrogens is 748 g/mol. The normalized spacial score (nSPS) is 13.5. The summed E-state index contributed by atoms with van der Waals surface area (Å²) in [6, 6.07) is 0. The van der Waals surface area contributed by atoms with Crippen molar-refractivity contribution in [1.29, 1.82) is 0 Å². The van der Waals surface area contributed by atoms with E-state index in [-0.39, 0.29) is 12.2 Å². The van der Waals surface area contributed by atoms with Crippen LogP contribution in [0.5, 0.6) is 11.5 Å². The molecule has 0 radical (unpaired) electrons.